The van der Waals surface area contributed by atoms with E-state index in [1.165, 1.54) is 5.34 Å². The van der Waals surface area contributed by atoms with E-state index in [1.54, 1.807) is 48.5 Å². The van der Waals surface area contributed by atoms with Crippen molar-refractivity contribution in [3.05, 3.63) is 63.5 Å². The highest BCUT2D eigenvalue weighted by Crippen LogP contribution is 2.13. The number of benzene rings is 2. The fraction of sp³-hybridized carbons (Fsp3) is 0.273. The van der Waals surface area contributed by atoms with Crippen molar-refractivity contribution in [2.75, 3.05) is 23.7 Å². The molecule has 0 unspecified atom stereocenters. The summed E-state index contributed by atoms with van der Waals surface area (Å²) in [6.45, 7) is 1.12. The Hall–Kier alpha value is -4.10. The summed E-state index contributed by atoms with van der Waals surface area (Å²) < 4.78 is 0. The van der Waals surface area contributed by atoms with Crippen LogP contribution in [0.5, 0.6) is 0 Å². The molecule has 37 heavy (non-hydrogen) atoms. The zero-order valence-electron chi connectivity index (χ0n) is 20.0. The van der Waals surface area contributed by atoms with Crippen LogP contribution in [0.15, 0.2) is 73.8 Å². The van der Waals surface area contributed by atoms with Crippen molar-refractivity contribution in [1.82, 2.24) is 0 Å². The third-order valence-corrected chi connectivity index (χ3v) is 4.82. The highest BCUT2D eigenvalue weighted by molar-refractivity contribution is 6.31. The molecule has 0 aromatic heterocycles. The lowest BCUT2D eigenvalue weighted by atomic mass is 10.2. The number of nitrogens with two attached hydrogens (primary N) is 4. The molecule has 0 heterocycles. The SMILES string of the molecule is NC(=NCCCCCCN=C(N)/N=C(\N)Nc1ccc(Cl)cc1)/N=C(\N)Nc1ccc(Cl)cc1.O=NO. The average molecular weight is 552 g/mol. The van der Waals surface area contributed by atoms with E-state index >= 15 is 0 Å². The Morgan fingerprint density at radius 3 is 1.32 bits per heavy atom. The van der Waals surface area contributed by atoms with Crippen LogP contribution in [-0.4, -0.2) is 42.1 Å². The molecule has 11 N–H and O–H groups in total. The second-order valence-corrected chi connectivity index (χ2v) is 8.11. The predicted octanol–water partition coefficient (Wildman–Crippen LogP) is 3.48. The largest absolute Gasteiger partial charge is 0.379 e. The van der Waals surface area contributed by atoms with Crippen LogP contribution in [0.2, 0.25) is 10.0 Å². The molecule has 0 radical (unpaired) electrons. The second-order valence-electron chi connectivity index (χ2n) is 7.23. The quantitative estimate of drug-likeness (QED) is 0.0799. The number of guanidine groups is 4. The van der Waals surface area contributed by atoms with E-state index in [0.29, 0.717) is 23.1 Å². The molecule has 0 fully saturated rings. The van der Waals surface area contributed by atoms with Crippen LogP contribution in [0.25, 0.3) is 0 Å². The maximum Gasteiger partial charge on any atom is 0.218 e. The summed E-state index contributed by atoms with van der Waals surface area (Å²) in [5, 5.41) is 15.0. The fourth-order valence-corrected chi connectivity index (χ4v) is 2.95. The summed E-state index contributed by atoms with van der Waals surface area (Å²) in [6, 6.07) is 14.1. The highest BCUT2D eigenvalue weighted by atomic mass is 35.5. The van der Waals surface area contributed by atoms with Gasteiger partial charge in [0.05, 0.1) is 0 Å². The first-order valence-electron chi connectivity index (χ1n) is 11.0. The van der Waals surface area contributed by atoms with Crippen LogP contribution in [0.3, 0.4) is 0 Å². The Balaban J connectivity index is 0.00000217. The van der Waals surface area contributed by atoms with Crippen molar-refractivity contribution in [3.63, 3.8) is 0 Å². The number of aliphatic imine (C=N–C) groups is 4. The van der Waals surface area contributed by atoms with Crippen LogP contribution in [0, 0.1) is 4.91 Å². The number of nitrogens with zero attached hydrogens (tertiary/aromatic N) is 5. The first-order valence-corrected chi connectivity index (χ1v) is 11.8. The molecule has 15 heteroatoms. The van der Waals surface area contributed by atoms with Gasteiger partial charge in [-0.15, -0.1) is 4.91 Å². The molecule has 0 aliphatic rings. The molecule has 0 amide bonds. The minimum absolute atomic E-state index is 0.124. The lowest BCUT2D eigenvalue weighted by molar-refractivity contribution is 0.312. The zero-order valence-corrected chi connectivity index (χ0v) is 21.5. The number of nitrogens with one attached hydrogen (secondary N) is 2. The Morgan fingerprint density at radius 2 is 1.00 bits per heavy atom. The maximum atomic E-state index is 8.11. The highest BCUT2D eigenvalue weighted by Gasteiger charge is 1.99. The van der Waals surface area contributed by atoms with Gasteiger partial charge in [-0.1, -0.05) is 36.0 Å². The zero-order chi connectivity index (χ0) is 27.5. The predicted molar refractivity (Wildman–Crippen MR) is 152 cm³/mol. The Bertz CT molecular complexity index is 990. The van der Waals surface area contributed by atoms with Crippen molar-refractivity contribution in [2.45, 2.75) is 25.7 Å². The molecule has 0 aliphatic carbocycles. The van der Waals surface area contributed by atoms with Crippen molar-refractivity contribution in [1.29, 1.82) is 0 Å². The summed E-state index contributed by atoms with van der Waals surface area (Å²) in [4.78, 5) is 24.6. The topological polar surface area (TPSA) is 227 Å². The van der Waals surface area contributed by atoms with Gasteiger partial charge in [0.25, 0.3) is 0 Å². The molecule has 200 valence electrons. The fourth-order valence-electron chi connectivity index (χ4n) is 2.70. The third-order valence-electron chi connectivity index (χ3n) is 4.32. The molecule has 0 saturated heterocycles. The van der Waals surface area contributed by atoms with Crippen LogP contribution in [-0.2, 0) is 0 Å². The number of anilines is 2. The Labute approximate surface area is 224 Å². The van der Waals surface area contributed by atoms with Crippen LogP contribution < -0.4 is 33.6 Å². The minimum atomic E-state index is 0.124. The van der Waals surface area contributed by atoms with Gasteiger partial charge in [0.2, 0.25) is 23.8 Å². The summed E-state index contributed by atoms with van der Waals surface area (Å²) >= 11 is 11.7. The smallest absolute Gasteiger partial charge is 0.218 e. The van der Waals surface area contributed by atoms with Gasteiger partial charge in [-0.3, -0.25) is 9.98 Å². The minimum Gasteiger partial charge on any atom is -0.379 e. The van der Waals surface area contributed by atoms with E-state index in [-0.39, 0.29) is 23.8 Å². The summed E-state index contributed by atoms with van der Waals surface area (Å²) in [5.41, 5.74) is 24.8. The van der Waals surface area contributed by atoms with E-state index < -0.39 is 0 Å². The van der Waals surface area contributed by atoms with Gasteiger partial charge in [-0.25, -0.2) is 0 Å². The summed E-state index contributed by atoms with van der Waals surface area (Å²) in [7, 11) is 0. The molecule has 0 aliphatic heterocycles. The molecule has 0 atom stereocenters. The van der Waals surface area contributed by atoms with Gasteiger partial charge in [0.1, 0.15) is 0 Å². The standard InChI is InChI=1S/C22H30Cl2N10.HNO2/c23-15-5-9-17(10-6-15)31-21(27)33-19(25)29-13-3-1-2-4-14-30-20(26)34-22(28)32-18-11-7-16(24)8-12-18;2-1-3/h5-12H,1-4,13-14H2,(H5,25,27,29,31,33)(H5,26,28,30,32,34);(H,2,3). The molecular formula is C22H31Cl2N11O2. The van der Waals surface area contributed by atoms with Gasteiger partial charge < -0.3 is 38.8 Å². The van der Waals surface area contributed by atoms with E-state index in [1.807, 2.05) is 0 Å². The average Bonchev–Trinajstić information content (AvgIpc) is 2.84. The lowest BCUT2D eigenvalue weighted by Gasteiger charge is -2.05. The molecule has 0 bridgehead atoms. The van der Waals surface area contributed by atoms with E-state index in [0.717, 1.165) is 37.1 Å². The van der Waals surface area contributed by atoms with Crippen LogP contribution in [0.4, 0.5) is 11.4 Å². The summed E-state index contributed by atoms with van der Waals surface area (Å²) in [5.74, 6) is 0.564. The molecular weight excluding hydrogens is 521 g/mol. The molecule has 0 saturated carbocycles. The van der Waals surface area contributed by atoms with Crippen molar-refractivity contribution in [3.8, 4) is 0 Å². The molecule has 13 nitrogen and oxygen atoms in total. The van der Waals surface area contributed by atoms with E-state index in [9.17, 15) is 0 Å². The van der Waals surface area contributed by atoms with Gasteiger partial charge in [-0.05, 0) is 61.4 Å². The number of unbranched alkanes of at least 4 members (excludes halogenated alkanes) is 3. The first-order chi connectivity index (χ1) is 17.7. The van der Waals surface area contributed by atoms with Crippen molar-refractivity contribution in [2.24, 2.45) is 48.2 Å². The van der Waals surface area contributed by atoms with Gasteiger partial charge in [0.15, 0.2) is 5.34 Å². The maximum absolute atomic E-state index is 8.11. The number of rotatable bonds is 9. The van der Waals surface area contributed by atoms with Crippen molar-refractivity contribution < 1.29 is 5.21 Å². The van der Waals surface area contributed by atoms with Gasteiger partial charge in [0, 0.05) is 34.5 Å². The van der Waals surface area contributed by atoms with E-state index in [2.05, 4.69) is 30.6 Å². The Kier molecular flexibility index (Phi) is 15.2. The van der Waals surface area contributed by atoms with E-state index in [4.69, 9.17) is 56.3 Å². The second kappa shape index (κ2) is 18.2. The monoisotopic (exact) mass is 551 g/mol. The van der Waals surface area contributed by atoms with Crippen molar-refractivity contribution >= 4 is 58.4 Å². The number of hydrogen-bond acceptors (Lipinski definition) is 4. The first kappa shape index (κ1) is 30.9. The van der Waals surface area contributed by atoms with Crippen LogP contribution in [0.1, 0.15) is 25.7 Å². The molecule has 2 aromatic carbocycles. The molecule has 2 rings (SSSR count). The van der Waals surface area contributed by atoms with Gasteiger partial charge >= 0.3 is 0 Å². The molecule has 2 aromatic rings. The Morgan fingerprint density at radius 1 is 0.676 bits per heavy atom. The number of halogens is 2. The van der Waals surface area contributed by atoms with Gasteiger partial charge in [-0.2, -0.15) is 9.98 Å². The lowest BCUT2D eigenvalue weighted by Crippen LogP contribution is -2.26. The van der Waals surface area contributed by atoms with Crippen LogP contribution >= 0.6 is 23.2 Å². The third kappa shape index (κ3) is 15.5. The normalized spacial score (nSPS) is 12.4. The molecule has 0 spiro atoms. The summed E-state index contributed by atoms with van der Waals surface area (Å²) in [6.07, 6.45) is 3.68. The number of hydrogen-bond donors (Lipinski definition) is 7.